The average Bonchev–Trinajstić information content (AvgIpc) is 3.86. The van der Waals surface area contributed by atoms with E-state index in [1.165, 1.54) is 70.6 Å². The molecule has 0 aromatic rings. The van der Waals surface area contributed by atoms with E-state index in [1.54, 1.807) is 0 Å². The highest BCUT2D eigenvalue weighted by molar-refractivity contribution is 9.09. The molecular formula is C51H98Br2Cl2O5. The van der Waals surface area contributed by atoms with E-state index in [9.17, 15) is 4.79 Å². The van der Waals surface area contributed by atoms with Crippen molar-refractivity contribution in [3.8, 4) is 0 Å². The lowest BCUT2D eigenvalue weighted by atomic mass is 10.1. The first kappa shape index (κ1) is 71.4. The number of carbonyl (C=O) groups excluding carboxylic acids is 1. The van der Waals surface area contributed by atoms with Gasteiger partial charge in [0.05, 0.1) is 0 Å². The van der Waals surface area contributed by atoms with Gasteiger partial charge in [-0.2, -0.15) is 0 Å². The molecule has 360 valence electrons. The van der Waals surface area contributed by atoms with Gasteiger partial charge in [-0.25, -0.2) is 0 Å². The van der Waals surface area contributed by atoms with Crippen LogP contribution in [0.25, 0.3) is 0 Å². The number of carbonyl (C=O) groups is 1. The SMILES string of the molecule is C1CCOC1.CC/C=C\CCC(OCC)OCC.CC/C=C\CCC=O.CC/C=C\CCCBr.CC/C=C\CCCCCCCCO.CC/C=C\CCCCl.ClCCCBr. The summed E-state index contributed by atoms with van der Waals surface area (Å²) in [5.74, 6) is 1.55. The van der Waals surface area contributed by atoms with Gasteiger partial charge in [0.2, 0.25) is 0 Å². The molecule has 1 saturated heterocycles. The van der Waals surface area contributed by atoms with E-state index in [-0.39, 0.29) is 6.29 Å². The number of aliphatic hydroxyl groups is 1. The normalized spacial score (nSPS) is 11.9. The standard InChI is InChI=1S/C12H24O.C11H22O2.C7H13Br.C7H13Cl.C7H12O.C4H8O.C3H6BrCl/c1-2-3-4-5-6-7-8-9-10-11-12-13;1-4-7-8-9-10-11(12-5-2)13-6-3;3*1-2-3-4-5-6-7-8;1-2-4-5-3-1;4-2-1-3-5/h3-4,13H,2,5-12H2,1H3;7-8,11H,4-6,9-10H2,1-3H3;2*3-4H,2,5-7H2,1H3;3-4,7H,2,5-6H2,1H3;1-4H2;1-3H2/b4-3-;8-7-;3*4-3-;;. The molecule has 1 N–H and O–H groups in total. The van der Waals surface area contributed by atoms with Gasteiger partial charge in [-0.05, 0) is 123 Å². The van der Waals surface area contributed by atoms with Crippen LogP contribution in [0.5, 0.6) is 0 Å². The highest BCUT2D eigenvalue weighted by Crippen LogP contribution is 2.08. The molecule has 1 rings (SSSR count). The summed E-state index contributed by atoms with van der Waals surface area (Å²) >= 11 is 17.3. The second kappa shape index (κ2) is 82.4. The lowest BCUT2D eigenvalue weighted by Crippen LogP contribution is -2.16. The lowest BCUT2D eigenvalue weighted by Gasteiger charge is -2.15. The van der Waals surface area contributed by atoms with Crippen molar-refractivity contribution < 1.29 is 24.1 Å². The van der Waals surface area contributed by atoms with Crippen LogP contribution in [-0.2, 0) is 19.0 Å². The Kier molecular flexibility index (Phi) is 98.1. The van der Waals surface area contributed by atoms with E-state index < -0.39 is 0 Å². The van der Waals surface area contributed by atoms with E-state index in [0.717, 1.165) is 126 Å². The first-order chi connectivity index (χ1) is 29.4. The number of aldehydes is 1. The van der Waals surface area contributed by atoms with Crippen LogP contribution in [0, 0.1) is 0 Å². The van der Waals surface area contributed by atoms with Crippen molar-refractivity contribution in [3.05, 3.63) is 60.8 Å². The summed E-state index contributed by atoms with van der Waals surface area (Å²) in [5, 5.41) is 10.7. The smallest absolute Gasteiger partial charge is 0.157 e. The number of alkyl halides is 4. The second-order valence-corrected chi connectivity index (χ2v) is 15.7. The molecule has 1 aliphatic rings. The van der Waals surface area contributed by atoms with E-state index in [2.05, 4.69) is 121 Å². The van der Waals surface area contributed by atoms with Crippen LogP contribution in [0.2, 0.25) is 0 Å². The van der Waals surface area contributed by atoms with Crippen molar-refractivity contribution in [2.75, 3.05) is 55.5 Å². The van der Waals surface area contributed by atoms with Crippen molar-refractivity contribution in [2.24, 2.45) is 0 Å². The molecule has 1 heterocycles. The van der Waals surface area contributed by atoms with Crippen LogP contribution in [0.4, 0.5) is 0 Å². The zero-order valence-electron chi connectivity index (χ0n) is 40.1. The van der Waals surface area contributed by atoms with Crippen molar-refractivity contribution in [1.29, 1.82) is 0 Å². The van der Waals surface area contributed by atoms with E-state index >= 15 is 0 Å². The third kappa shape index (κ3) is 97.2. The number of ether oxygens (including phenoxy) is 3. The Bertz CT molecular complexity index is 788. The Morgan fingerprint density at radius 2 is 0.917 bits per heavy atom. The predicted octanol–water partition coefficient (Wildman–Crippen LogP) is 17.6. The third-order valence-electron chi connectivity index (χ3n) is 7.62. The number of aliphatic hydroxyl groups excluding tert-OH is 1. The number of rotatable bonds is 31. The Balaban J connectivity index is -0.000000146. The quantitative estimate of drug-likeness (QED) is 0.0246. The van der Waals surface area contributed by atoms with E-state index in [0.29, 0.717) is 13.0 Å². The van der Waals surface area contributed by atoms with Crippen LogP contribution in [0.15, 0.2) is 60.8 Å². The van der Waals surface area contributed by atoms with Gasteiger partial charge in [-0.3, -0.25) is 0 Å². The Labute approximate surface area is 401 Å². The largest absolute Gasteiger partial charge is 0.396 e. The van der Waals surface area contributed by atoms with Crippen molar-refractivity contribution >= 4 is 61.3 Å². The zero-order chi connectivity index (χ0) is 46.1. The Hall–Kier alpha value is -0.250. The highest BCUT2D eigenvalue weighted by Gasteiger charge is 2.05. The van der Waals surface area contributed by atoms with Gasteiger partial charge in [0.1, 0.15) is 6.29 Å². The van der Waals surface area contributed by atoms with Crippen LogP contribution in [0.1, 0.15) is 196 Å². The molecule has 9 heteroatoms. The van der Waals surface area contributed by atoms with E-state index in [1.807, 2.05) is 19.9 Å². The van der Waals surface area contributed by atoms with Gasteiger partial charge in [-0.1, -0.05) is 153 Å². The molecule has 0 aromatic carbocycles. The fourth-order valence-electron chi connectivity index (χ4n) is 4.44. The van der Waals surface area contributed by atoms with Gasteiger partial charge >= 0.3 is 0 Å². The first-order valence-electron chi connectivity index (χ1n) is 23.8. The molecule has 0 saturated carbocycles. The molecule has 0 atom stereocenters. The van der Waals surface area contributed by atoms with Crippen molar-refractivity contribution in [3.63, 3.8) is 0 Å². The maximum Gasteiger partial charge on any atom is 0.157 e. The topological polar surface area (TPSA) is 65.0 Å². The molecule has 1 fully saturated rings. The van der Waals surface area contributed by atoms with E-state index in [4.69, 9.17) is 42.5 Å². The molecule has 0 radical (unpaired) electrons. The third-order valence-corrected chi connectivity index (χ3v) is 9.28. The molecule has 60 heavy (non-hydrogen) atoms. The highest BCUT2D eigenvalue weighted by atomic mass is 79.9. The molecule has 0 aliphatic carbocycles. The molecule has 0 amide bonds. The van der Waals surface area contributed by atoms with Gasteiger partial charge in [0, 0.05) is 68.3 Å². The van der Waals surface area contributed by atoms with Gasteiger partial charge < -0.3 is 24.1 Å². The fraction of sp³-hybridized carbons (Fsp3) is 0.784. The minimum Gasteiger partial charge on any atom is -0.396 e. The molecular weight excluding hydrogens is 923 g/mol. The number of allylic oxidation sites excluding steroid dienone is 10. The lowest BCUT2D eigenvalue weighted by molar-refractivity contribution is -0.138. The maximum atomic E-state index is 9.73. The summed E-state index contributed by atoms with van der Waals surface area (Å²) in [4.78, 5) is 9.73. The molecule has 0 aromatic heterocycles. The molecule has 0 bridgehead atoms. The minimum absolute atomic E-state index is 0.0171. The summed E-state index contributed by atoms with van der Waals surface area (Å²) in [6.07, 6.45) is 49.0. The Morgan fingerprint density at radius 3 is 1.27 bits per heavy atom. The molecule has 5 nitrogen and oxygen atoms in total. The summed E-state index contributed by atoms with van der Waals surface area (Å²) in [5.41, 5.74) is 0. The molecule has 0 unspecified atom stereocenters. The van der Waals surface area contributed by atoms with Crippen LogP contribution in [0.3, 0.4) is 0 Å². The van der Waals surface area contributed by atoms with Gasteiger partial charge in [0.25, 0.3) is 0 Å². The number of hydrogen-bond donors (Lipinski definition) is 1. The number of unbranched alkanes of at least 4 members (excludes halogenated alkanes) is 9. The van der Waals surface area contributed by atoms with Gasteiger partial charge in [0.15, 0.2) is 6.29 Å². The summed E-state index contributed by atoms with van der Waals surface area (Å²) in [6, 6.07) is 0. The van der Waals surface area contributed by atoms with Crippen LogP contribution < -0.4 is 0 Å². The van der Waals surface area contributed by atoms with Crippen LogP contribution >= 0.6 is 55.1 Å². The Morgan fingerprint density at radius 1 is 0.517 bits per heavy atom. The molecule has 1 aliphatic heterocycles. The van der Waals surface area contributed by atoms with Crippen molar-refractivity contribution in [2.45, 2.75) is 202 Å². The van der Waals surface area contributed by atoms with Crippen molar-refractivity contribution in [1.82, 2.24) is 0 Å². The summed E-state index contributed by atoms with van der Waals surface area (Å²) < 4.78 is 15.8. The maximum absolute atomic E-state index is 9.73. The number of hydrogen-bond acceptors (Lipinski definition) is 5. The molecule has 0 spiro atoms. The summed E-state index contributed by atoms with van der Waals surface area (Å²) in [6.45, 7) is 18.5. The average molecular weight is 1020 g/mol. The zero-order valence-corrected chi connectivity index (χ0v) is 44.8. The monoisotopic (exact) mass is 1020 g/mol. The van der Waals surface area contributed by atoms with Gasteiger partial charge in [-0.15, -0.1) is 23.2 Å². The summed E-state index contributed by atoms with van der Waals surface area (Å²) in [7, 11) is 0. The predicted molar refractivity (Wildman–Crippen MR) is 280 cm³/mol. The number of halogens is 4. The van der Waals surface area contributed by atoms with Crippen LogP contribution in [-0.4, -0.2) is 73.1 Å². The minimum atomic E-state index is -0.0171. The fourth-order valence-corrected chi connectivity index (χ4v) is 5.65. The first-order valence-corrected chi connectivity index (χ1v) is 27.1. The second-order valence-electron chi connectivity index (χ2n) is 13.4.